The number of aliphatic hydroxyl groups is 1. The summed E-state index contributed by atoms with van der Waals surface area (Å²) < 4.78 is 0. The zero-order valence-corrected chi connectivity index (χ0v) is 19.9. The summed E-state index contributed by atoms with van der Waals surface area (Å²) in [5, 5.41) is 11.4. The summed E-state index contributed by atoms with van der Waals surface area (Å²) in [5.41, 5.74) is 5.81. The van der Waals surface area contributed by atoms with E-state index in [1.54, 1.807) is 0 Å². The van der Waals surface area contributed by atoms with Crippen LogP contribution in [0.2, 0.25) is 0 Å². The lowest BCUT2D eigenvalue weighted by Gasteiger charge is -2.54. The molecule has 3 aromatic rings. The number of fused-ring (bicyclic) bond motifs is 3. The molecule has 2 aliphatic rings. The number of rotatable bonds is 4. The number of benzene rings is 3. The molecule has 0 spiro atoms. The molecule has 2 aliphatic carbocycles. The van der Waals surface area contributed by atoms with E-state index in [9.17, 15) is 9.90 Å². The molecule has 3 aromatic carbocycles. The standard InChI is InChI=1S/C30H30O2S/c1-29(32)19-25-14-12-23-17-24(28(31)33)13-15-27(23)30(25,18-22-10-6-3-7-11-22)20-26(29)16-21-8-4-2-5-9-21/h2-11,13,15-17,25,32H,12,14,18-20H2,1H3,(H,31,33)/b26-16+/t25?,29-,30?/m0/s1. The van der Waals surface area contributed by atoms with Gasteiger partial charge < -0.3 is 5.11 Å². The van der Waals surface area contributed by atoms with Gasteiger partial charge in [-0.2, -0.15) is 0 Å². The molecule has 3 heteroatoms. The van der Waals surface area contributed by atoms with Crippen molar-refractivity contribution in [1.29, 1.82) is 0 Å². The SMILES string of the molecule is C[C@]1(O)CC2CCc3cc(C(=O)S)ccc3C2(Cc2ccccc2)C/C1=C\c1ccccc1. The highest BCUT2D eigenvalue weighted by Gasteiger charge is 2.52. The first-order chi connectivity index (χ1) is 15.9. The maximum Gasteiger partial charge on any atom is 0.216 e. The highest BCUT2D eigenvalue weighted by atomic mass is 32.1. The van der Waals surface area contributed by atoms with Crippen LogP contribution in [0, 0.1) is 5.92 Å². The van der Waals surface area contributed by atoms with Crippen LogP contribution in [0.3, 0.4) is 0 Å². The Balaban J connectivity index is 1.66. The molecular formula is C30H30O2S. The zero-order valence-electron chi connectivity index (χ0n) is 19.0. The molecule has 168 valence electrons. The average Bonchev–Trinajstić information content (AvgIpc) is 2.81. The number of hydrogen-bond donors (Lipinski definition) is 2. The number of thiol groups is 1. The Morgan fingerprint density at radius 2 is 1.76 bits per heavy atom. The molecule has 5 rings (SSSR count). The maximum absolute atomic E-state index is 11.9. The van der Waals surface area contributed by atoms with Gasteiger partial charge >= 0.3 is 0 Å². The molecule has 1 saturated carbocycles. The summed E-state index contributed by atoms with van der Waals surface area (Å²) in [5.74, 6) is 0.366. The highest BCUT2D eigenvalue weighted by molar-refractivity contribution is 7.97. The van der Waals surface area contributed by atoms with Crippen molar-refractivity contribution < 1.29 is 9.90 Å². The van der Waals surface area contributed by atoms with E-state index in [0.717, 1.165) is 43.2 Å². The third-order valence-corrected chi connectivity index (χ3v) is 8.03. The fourth-order valence-electron chi connectivity index (χ4n) is 6.14. The zero-order chi connectivity index (χ0) is 23.1. The van der Waals surface area contributed by atoms with Crippen molar-refractivity contribution in [3.8, 4) is 0 Å². The van der Waals surface area contributed by atoms with Gasteiger partial charge in [0.15, 0.2) is 0 Å². The predicted octanol–water partition coefficient (Wildman–Crippen LogP) is 6.43. The van der Waals surface area contributed by atoms with Gasteiger partial charge in [0.05, 0.1) is 5.60 Å². The quantitative estimate of drug-likeness (QED) is 0.446. The summed E-state index contributed by atoms with van der Waals surface area (Å²) in [4.78, 5) is 11.9. The van der Waals surface area contributed by atoms with Crippen LogP contribution in [0.25, 0.3) is 6.08 Å². The number of carbonyl (C=O) groups is 1. The van der Waals surface area contributed by atoms with Crippen molar-refractivity contribution in [2.75, 3.05) is 0 Å². The minimum absolute atomic E-state index is 0.115. The first-order valence-corrected chi connectivity index (χ1v) is 12.2. The van der Waals surface area contributed by atoms with E-state index in [1.807, 2.05) is 37.3 Å². The molecule has 1 fully saturated rings. The number of hydrogen-bond acceptors (Lipinski definition) is 2. The summed E-state index contributed by atoms with van der Waals surface area (Å²) in [6.45, 7) is 1.98. The van der Waals surface area contributed by atoms with Crippen molar-refractivity contribution in [1.82, 2.24) is 0 Å². The fourth-order valence-corrected chi connectivity index (χ4v) is 6.28. The minimum Gasteiger partial charge on any atom is -0.386 e. The summed E-state index contributed by atoms with van der Waals surface area (Å²) >= 11 is 4.06. The maximum atomic E-state index is 11.9. The van der Waals surface area contributed by atoms with Crippen LogP contribution in [0.1, 0.15) is 58.8 Å². The smallest absolute Gasteiger partial charge is 0.216 e. The first kappa shape index (κ1) is 22.2. The monoisotopic (exact) mass is 454 g/mol. The molecule has 0 aliphatic heterocycles. The van der Waals surface area contributed by atoms with Crippen LogP contribution in [0.5, 0.6) is 0 Å². The van der Waals surface area contributed by atoms with Gasteiger partial charge in [0.25, 0.3) is 0 Å². The van der Waals surface area contributed by atoms with Crippen molar-refractivity contribution in [2.45, 2.75) is 50.0 Å². The molecule has 0 saturated heterocycles. The number of aryl methyl sites for hydroxylation is 1. The molecule has 0 aromatic heterocycles. The molecule has 0 bridgehead atoms. The van der Waals surface area contributed by atoms with Crippen molar-refractivity contribution in [2.24, 2.45) is 5.92 Å². The molecule has 0 radical (unpaired) electrons. The second-order valence-electron chi connectivity index (χ2n) is 9.97. The largest absolute Gasteiger partial charge is 0.386 e. The Kier molecular flexibility index (Phi) is 5.80. The molecule has 2 unspecified atom stereocenters. The topological polar surface area (TPSA) is 37.3 Å². The lowest BCUT2D eigenvalue weighted by molar-refractivity contribution is 0.0104. The van der Waals surface area contributed by atoms with Crippen LogP contribution in [-0.2, 0) is 18.3 Å². The molecule has 3 atom stereocenters. The Bertz CT molecular complexity index is 1200. The molecule has 33 heavy (non-hydrogen) atoms. The minimum atomic E-state index is -0.834. The Hall–Kier alpha value is -2.62. The van der Waals surface area contributed by atoms with E-state index in [4.69, 9.17) is 0 Å². The first-order valence-electron chi connectivity index (χ1n) is 11.8. The van der Waals surface area contributed by atoms with Gasteiger partial charge in [-0.1, -0.05) is 78.9 Å². The fraction of sp³-hybridized carbons (Fsp3) is 0.300. The Morgan fingerprint density at radius 3 is 2.45 bits per heavy atom. The van der Waals surface area contributed by atoms with Crippen LogP contribution in [-0.4, -0.2) is 15.8 Å². The van der Waals surface area contributed by atoms with Crippen molar-refractivity contribution in [3.63, 3.8) is 0 Å². The van der Waals surface area contributed by atoms with Crippen molar-refractivity contribution >= 4 is 23.8 Å². The van der Waals surface area contributed by atoms with E-state index in [2.05, 4.69) is 67.2 Å². The van der Waals surface area contributed by atoms with Crippen molar-refractivity contribution in [3.05, 3.63) is 112 Å². The summed E-state index contributed by atoms with van der Waals surface area (Å²) in [6.07, 6.45) is 6.59. The van der Waals surface area contributed by atoms with Crippen LogP contribution in [0.15, 0.2) is 84.4 Å². The second kappa shape index (κ2) is 8.62. The predicted molar refractivity (Wildman–Crippen MR) is 138 cm³/mol. The summed E-state index contributed by atoms with van der Waals surface area (Å²) in [7, 11) is 0. The van der Waals surface area contributed by atoms with Gasteiger partial charge in [0, 0.05) is 11.0 Å². The lowest BCUT2D eigenvalue weighted by atomic mass is 9.51. The van der Waals surface area contributed by atoms with E-state index in [-0.39, 0.29) is 10.5 Å². The van der Waals surface area contributed by atoms with Gasteiger partial charge in [-0.3, -0.25) is 4.79 Å². The van der Waals surface area contributed by atoms with Crippen LogP contribution >= 0.6 is 12.6 Å². The second-order valence-corrected chi connectivity index (χ2v) is 10.4. The van der Waals surface area contributed by atoms with Crippen LogP contribution in [0.4, 0.5) is 0 Å². The lowest BCUT2D eigenvalue weighted by Crippen LogP contribution is -2.51. The third-order valence-electron chi connectivity index (χ3n) is 7.78. The molecular weight excluding hydrogens is 424 g/mol. The normalized spacial score (nSPS) is 27.6. The summed E-state index contributed by atoms with van der Waals surface area (Å²) in [6, 6.07) is 27.1. The number of carbonyl (C=O) groups excluding carboxylic acids is 1. The van der Waals surface area contributed by atoms with E-state index in [1.165, 1.54) is 16.7 Å². The van der Waals surface area contributed by atoms with Gasteiger partial charge in [-0.25, -0.2) is 0 Å². The molecule has 0 amide bonds. The van der Waals surface area contributed by atoms with Gasteiger partial charge in [-0.15, -0.1) is 12.6 Å². The molecule has 2 nitrogen and oxygen atoms in total. The van der Waals surface area contributed by atoms with E-state index < -0.39 is 5.60 Å². The molecule has 0 heterocycles. The van der Waals surface area contributed by atoms with E-state index in [0.29, 0.717) is 11.5 Å². The van der Waals surface area contributed by atoms with Crippen LogP contribution < -0.4 is 0 Å². The third kappa shape index (κ3) is 4.20. The van der Waals surface area contributed by atoms with Gasteiger partial charge in [-0.05, 0) is 78.8 Å². The Morgan fingerprint density at radius 1 is 1.06 bits per heavy atom. The highest BCUT2D eigenvalue weighted by Crippen LogP contribution is 2.56. The van der Waals surface area contributed by atoms with Gasteiger partial charge in [0.1, 0.15) is 0 Å². The van der Waals surface area contributed by atoms with Gasteiger partial charge in [0.2, 0.25) is 5.12 Å². The molecule has 1 N–H and O–H groups in total. The average molecular weight is 455 g/mol. The Labute approximate surface area is 201 Å². The van der Waals surface area contributed by atoms with E-state index >= 15 is 0 Å².